The fourth-order valence-corrected chi connectivity index (χ4v) is 2.34. The predicted molar refractivity (Wildman–Crippen MR) is 74.6 cm³/mol. The van der Waals surface area contributed by atoms with Crippen LogP contribution < -0.4 is 0 Å². The van der Waals surface area contributed by atoms with Crippen LogP contribution in [0.5, 0.6) is 0 Å². The lowest BCUT2D eigenvalue weighted by Gasteiger charge is -2.25. The number of fused-ring (bicyclic) bond motifs is 1. The molecule has 1 N–H and O–H groups in total. The first kappa shape index (κ1) is 12.7. The summed E-state index contributed by atoms with van der Waals surface area (Å²) in [6.07, 6.45) is 5.91. The number of aromatic nitrogens is 2. The van der Waals surface area contributed by atoms with Gasteiger partial charge in [-0.2, -0.15) is 0 Å². The van der Waals surface area contributed by atoms with Crippen molar-refractivity contribution in [2.24, 2.45) is 0 Å². The standard InChI is InChI=1S/C16H13FN2O/c1-16(20,12-6-13(17)9-19-8-12)15-10-18-7-11-4-2-3-5-14(11)15/h2-10,20H,1H3. The smallest absolute Gasteiger partial charge is 0.141 e. The Morgan fingerprint density at radius 2 is 1.80 bits per heavy atom. The van der Waals surface area contributed by atoms with Crippen molar-refractivity contribution in [1.29, 1.82) is 0 Å². The second kappa shape index (κ2) is 4.65. The minimum atomic E-state index is -1.36. The predicted octanol–water partition coefficient (Wildman–Crippen LogP) is 3.02. The highest BCUT2D eigenvalue weighted by Gasteiger charge is 2.28. The van der Waals surface area contributed by atoms with E-state index in [0.717, 1.165) is 17.0 Å². The number of pyridine rings is 2. The number of hydrogen-bond acceptors (Lipinski definition) is 3. The monoisotopic (exact) mass is 268 g/mol. The number of hydrogen-bond donors (Lipinski definition) is 1. The van der Waals surface area contributed by atoms with Gasteiger partial charge in [0.15, 0.2) is 0 Å². The number of benzene rings is 1. The zero-order chi connectivity index (χ0) is 14.2. The molecule has 3 aromatic rings. The topological polar surface area (TPSA) is 46.0 Å². The number of halogens is 1. The van der Waals surface area contributed by atoms with Crippen molar-refractivity contribution in [3.8, 4) is 0 Å². The largest absolute Gasteiger partial charge is 0.381 e. The van der Waals surface area contributed by atoms with Crippen LogP contribution >= 0.6 is 0 Å². The average Bonchev–Trinajstić information content (AvgIpc) is 2.46. The van der Waals surface area contributed by atoms with E-state index in [9.17, 15) is 9.50 Å². The number of nitrogens with zero attached hydrogens (tertiary/aromatic N) is 2. The molecule has 0 amide bonds. The first-order valence-electron chi connectivity index (χ1n) is 6.25. The molecule has 2 aromatic heterocycles. The molecule has 4 heteroatoms. The Hall–Kier alpha value is -2.33. The summed E-state index contributed by atoms with van der Waals surface area (Å²) in [5, 5.41) is 12.6. The molecular formula is C16H13FN2O. The zero-order valence-corrected chi connectivity index (χ0v) is 10.9. The Kier molecular flexibility index (Phi) is 2.95. The average molecular weight is 268 g/mol. The van der Waals surface area contributed by atoms with Crippen molar-refractivity contribution in [2.45, 2.75) is 12.5 Å². The fraction of sp³-hybridized carbons (Fsp3) is 0.125. The van der Waals surface area contributed by atoms with Gasteiger partial charge >= 0.3 is 0 Å². The van der Waals surface area contributed by atoms with E-state index >= 15 is 0 Å². The molecule has 0 saturated carbocycles. The maximum absolute atomic E-state index is 13.3. The van der Waals surface area contributed by atoms with Crippen LogP contribution in [0.1, 0.15) is 18.1 Å². The lowest BCUT2D eigenvalue weighted by molar-refractivity contribution is 0.103. The van der Waals surface area contributed by atoms with E-state index in [4.69, 9.17) is 0 Å². The lowest BCUT2D eigenvalue weighted by atomic mass is 9.87. The maximum atomic E-state index is 13.3. The minimum absolute atomic E-state index is 0.399. The third-order valence-corrected chi connectivity index (χ3v) is 3.46. The van der Waals surface area contributed by atoms with Gasteiger partial charge in [-0.05, 0) is 18.4 Å². The van der Waals surface area contributed by atoms with Gasteiger partial charge in [0.25, 0.3) is 0 Å². The van der Waals surface area contributed by atoms with Gasteiger partial charge < -0.3 is 5.11 Å². The van der Waals surface area contributed by atoms with Gasteiger partial charge in [0, 0.05) is 35.1 Å². The molecule has 20 heavy (non-hydrogen) atoms. The molecular weight excluding hydrogens is 255 g/mol. The van der Waals surface area contributed by atoms with E-state index < -0.39 is 11.4 Å². The second-order valence-corrected chi connectivity index (χ2v) is 4.87. The Labute approximate surface area is 115 Å². The summed E-state index contributed by atoms with van der Waals surface area (Å²) in [4.78, 5) is 7.95. The van der Waals surface area contributed by atoms with E-state index in [1.807, 2.05) is 24.3 Å². The Morgan fingerprint density at radius 1 is 1.05 bits per heavy atom. The number of aliphatic hydroxyl groups is 1. The lowest BCUT2D eigenvalue weighted by Crippen LogP contribution is -2.23. The van der Waals surface area contributed by atoms with Crippen LogP contribution in [0.4, 0.5) is 4.39 Å². The highest BCUT2D eigenvalue weighted by atomic mass is 19.1. The normalized spacial score (nSPS) is 14.2. The Bertz CT molecular complexity index is 766. The summed E-state index contributed by atoms with van der Waals surface area (Å²) >= 11 is 0. The van der Waals surface area contributed by atoms with Crippen LogP contribution in [0.3, 0.4) is 0 Å². The molecule has 2 heterocycles. The summed E-state index contributed by atoms with van der Waals surface area (Å²) in [5.74, 6) is -0.476. The van der Waals surface area contributed by atoms with Gasteiger partial charge in [0.05, 0.1) is 6.20 Å². The van der Waals surface area contributed by atoms with Crippen molar-refractivity contribution in [2.75, 3.05) is 0 Å². The minimum Gasteiger partial charge on any atom is -0.381 e. The van der Waals surface area contributed by atoms with Crippen molar-refractivity contribution in [1.82, 2.24) is 9.97 Å². The first-order chi connectivity index (χ1) is 9.59. The summed E-state index contributed by atoms with van der Waals surface area (Å²) in [7, 11) is 0. The molecule has 0 radical (unpaired) electrons. The third kappa shape index (κ3) is 2.04. The van der Waals surface area contributed by atoms with Crippen LogP contribution in [-0.4, -0.2) is 15.1 Å². The second-order valence-electron chi connectivity index (χ2n) is 4.87. The Balaban J connectivity index is 2.23. The molecule has 0 bridgehead atoms. The quantitative estimate of drug-likeness (QED) is 0.777. The SMILES string of the molecule is CC(O)(c1cncc(F)c1)c1cncc2ccccc12. The van der Waals surface area contributed by atoms with E-state index in [1.165, 1.54) is 12.3 Å². The van der Waals surface area contributed by atoms with Gasteiger partial charge in [-0.25, -0.2) is 4.39 Å². The van der Waals surface area contributed by atoms with Gasteiger partial charge in [-0.15, -0.1) is 0 Å². The molecule has 0 saturated heterocycles. The van der Waals surface area contributed by atoms with Crippen LogP contribution in [0.2, 0.25) is 0 Å². The fourth-order valence-electron chi connectivity index (χ4n) is 2.34. The van der Waals surface area contributed by atoms with Gasteiger partial charge in [0.2, 0.25) is 0 Å². The first-order valence-corrected chi connectivity index (χ1v) is 6.25. The highest BCUT2D eigenvalue weighted by molar-refractivity contribution is 5.85. The van der Waals surface area contributed by atoms with Crippen LogP contribution in [0.15, 0.2) is 55.1 Å². The molecule has 1 unspecified atom stereocenters. The van der Waals surface area contributed by atoms with Crippen LogP contribution in [-0.2, 0) is 5.60 Å². The van der Waals surface area contributed by atoms with E-state index in [2.05, 4.69) is 9.97 Å². The molecule has 0 fully saturated rings. The van der Waals surface area contributed by atoms with Gasteiger partial charge in [-0.3, -0.25) is 9.97 Å². The summed E-state index contributed by atoms with van der Waals surface area (Å²) in [6.45, 7) is 1.62. The van der Waals surface area contributed by atoms with Gasteiger partial charge in [0.1, 0.15) is 11.4 Å². The van der Waals surface area contributed by atoms with Crippen LogP contribution in [0, 0.1) is 5.82 Å². The van der Waals surface area contributed by atoms with Crippen LogP contribution in [0.25, 0.3) is 10.8 Å². The van der Waals surface area contributed by atoms with Crippen molar-refractivity contribution in [3.05, 3.63) is 72.1 Å². The molecule has 3 rings (SSSR count). The highest BCUT2D eigenvalue weighted by Crippen LogP contribution is 2.33. The van der Waals surface area contributed by atoms with Crippen molar-refractivity contribution >= 4 is 10.8 Å². The van der Waals surface area contributed by atoms with Crippen molar-refractivity contribution in [3.63, 3.8) is 0 Å². The molecule has 1 aromatic carbocycles. The maximum Gasteiger partial charge on any atom is 0.141 e. The molecule has 0 aliphatic rings. The summed E-state index contributed by atoms with van der Waals surface area (Å²) < 4.78 is 13.3. The molecule has 100 valence electrons. The van der Waals surface area contributed by atoms with E-state index in [0.29, 0.717) is 11.1 Å². The zero-order valence-electron chi connectivity index (χ0n) is 10.9. The van der Waals surface area contributed by atoms with E-state index in [-0.39, 0.29) is 0 Å². The molecule has 1 atom stereocenters. The van der Waals surface area contributed by atoms with E-state index in [1.54, 1.807) is 19.3 Å². The Morgan fingerprint density at radius 3 is 2.60 bits per heavy atom. The molecule has 0 spiro atoms. The molecule has 0 aliphatic heterocycles. The van der Waals surface area contributed by atoms with Gasteiger partial charge in [-0.1, -0.05) is 24.3 Å². The molecule has 0 aliphatic carbocycles. The number of rotatable bonds is 2. The molecule has 3 nitrogen and oxygen atoms in total. The van der Waals surface area contributed by atoms with Crippen molar-refractivity contribution < 1.29 is 9.50 Å². The summed E-state index contributed by atoms with van der Waals surface area (Å²) in [5.41, 5.74) is -0.332. The summed E-state index contributed by atoms with van der Waals surface area (Å²) in [6, 6.07) is 8.92. The third-order valence-electron chi connectivity index (χ3n) is 3.46.